The van der Waals surface area contributed by atoms with Gasteiger partial charge in [-0.3, -0.25) is 4.79 Å². The van der Waals surface area contributed by atoms with Crippen LogP contribution in [0, 0.1) is 6.92 Å². The Morgan fingerprint density at radius 1 is 1.12 bits per heavy atom. The van der Waals surface area contributed by atoms with E-state index in [1.165, 1.54) is 24.5 Å². The van der Waals surface area contributed by atoms with Crippen LogP contribution < -0.4 is 20.0 Å². The smallest absolute Gasteiger partial charge is 0.198 e. The van der Waals surface area contributed by atoms with Crippen molar-refractivity contribution in [1.82, 2.24) is 4.98 Å². The number of pyridine rings is 1. The number of likely N-dealkylation sites (N-methyl/N-ethyl adjacent to an activating group) is 1. The Balaban J connectivity index is 1.82. The van der Waals surface area contributed by atoms with Crippen LogP contribution in [-0.2, 0) is 6.54 Å². The van der Waals surface area contributed by atoms with E-state index in [-0.39, 0.29) is 5.43 Å². The number of piperazine rings is 1. The zero-order valence-corrected chi connectivity index (χ0v) is 16.4. The lowest BCUT2D eigenvalue weighted by molar-refractivity contribution is -1.02. The van der Waals surface area contributed by atoms with E-state index in [1.807, 2.05) is 25.1 Å². The molecule has 2 heterocycles. The minimum absolute atomic E-state index is 0.162. The number of nitrogens with one attached hydrogen (secondary N) is 3. The van der Waals surface area contributed by atoms with E-state index in [4.69, 9.17) is 4.74 Å². The van der Waals surface area contributed by atoms with Crippen LogP contribution in [0.4, 0.5) is 0 Å². The topological polar surface area (TPSA) is 51.0 Å². The number of ether oxygens (including phenoxy) is 1. The van der Waals surface area contributed by atoms with E-state index in [9.17, 15) is 4.79 Å². The highest BCUT2D eigenvalue weighted by Gasteiger charge is 2.23. The summed E-state index contributed by atoms with van der Waals surface area (Å²) in [4.78, 5) is 19.8. The van der Waals surface area contributed by atoms with Crippen LogP contribution in [0.1, 0.15) is 37.9 Å². The van der Waals surface area contributed by atoms with Crippen molar-refractivity contribution in [3.63, 3.8) is 0 Å². The van der Waals surface area contributed by atoms with Crippen molar-refractivity contribution in [2.45, 2.75) is 40.2 Å². The molecule has 0 amide bonds. The summed E-state index contributed by atoms with van der Waals surface area (Å²) in [5.74, 6) is 0.791. The minimum atomic E-state index is 0.162. The molecule has 26 heavy (non-hydrogen) atoms. The van der Waals surface area contributed by atoms with E-state index in [2.05, 4.69) is 18.8 Å². The first-order chi connectivity index (χ1) is 12.6. The summed E-state index contributed by atoms with van der Waals surface area (Å²) in [5, 5.41) is 0.747. The molecule has 142 valence electrons. The highest BCUT2D eigenvalue weighted by molar-refractivity contribution is 5.81. The number of H-pyrrole nitrogens is 1. The molecule has 5 nitrogen and oxygen atoms in total. The molecule has 1 fully saturated rings. The number of hydrogen-bond donors (Lipinski definition) is 3. The van der Waals surface area contributed by atoms with Gasteiger partial charge in [0.05, 0.1) is 18.7 Å². The molecular formula is C21H33N3O2+2. The third-order valence-electron chi connectivity index (χ3n) is 5.64. The van der Waals surface area contributed by atoms with Gasteiger partial charge in [0.1, 0.15) is 38.5 Å². The third kappa shape index (κ3) is 4.27. The van der Waals surface area contributed by atoms with Crippen molar-refractivity contribution in [3.8, 4) is 5.75 Å². The lowest BCUT2D eigenvalue weighted by atomic mass is 10.1. The quantitative estimate of drug-likeness (QED) is 0.624. The average Bonchev–Trinajstić information content (AvgIpc) is 2.66. The lowest BCUT2D eigenvalue weighted by Crippen LogP contribution is -3.27. The number of quaternary nitrogens is 2. The van der Waals surface area contributed by atoms with E-state index in [1.54, 1.807) is 4.90 Å². The highest BCUT2D eigenvalue weighted by Crippen LogP contribution is 2.18. The molecule has 1 aromatic carbocycles. The van der Waals surface area contributed by atoms with Gasteiger partial charge < -0.3 is 19.5 Å². The normalized spacial score (nSPS) is 20.4. The second-order valence-electron chi connectivity index (χ2n) is 7.50. The van der Waals surface area contributed by atoms with Gasteiger partial charge in [-0.25, -0.2) is 0 Å². The van der Waals surface area contributed by atoms with Gasteiger partial charge in [-0.1, -0.05) is 13.3 Å². The number of unbranched alkanes of at least 4 members (excludes halogenated alkanes) is 1. The molecule has 1 aliphatic heterocycles. The van der Waals surface area contributed by atoms with Crippen molar-refractivity contribution in [3.05, 3.63) is 39.7 Å². The molecule has 0 unspecified atom stereocenters. The predicted octanol–water partition coefficient (Wildman–Crippen LogP) is 0.319. The number of hydrogen-bond acceptors (Lipinski definition) is 2. The van der Waals surface area contributed by atoms with Crippen LogP contribution in [0.5, 0.6) is 5.75 Å². The van der Waals surface area contributed by atoms with Gasteiger partial charge in [-0.2, -0.15) is 0 Å². The van der Waals surface area contributed by atoms with E-state index >= 15 is 0 Å². The van der Waals surface area contributed by atoms with Crippen LogP contribution in [0.15, 0.2) is 23.0 Å². The molecule has 1 aliphatic rings. The summed E-state index contributed by atoms with van der Waals surface area (Å²) in [7, 11) is 0. The van der Waals surface area contributed by atoms with E-state index in [0.717, 1.165) is 60.4 Å². The summed E-state index contributed by atoms with van der Waals surface area (Å²) < 4.78 is 5.79. The summed E-state index contributed by atoms with van der Waals surface area (Å²) in [5.41, 5.74) is 2.99. The standard InChI is InChI=1S/C21H31N3O2/c1-4-6-13-26-17-7-8-20-18(14-17)21(25)19(16(3)22-20)15-24-11-9-23(5-2)10-12-24/h7-8,14H,4-6,9-13,15H2,1-3H3,(H,22,25)/p+2. The van der Waals surface area contributed by atoms with Gasteiger partial charge in [0.15, 0.2) is 5.43 Å². The fourth-order valence-corrected chi connectivity index (χ4v) is 3.80. The van der Waals surface area contributed by atoms with E-state index in [0.29, 0.717) is 6.61 Å². The number of aromatic nitrogens is 1. The third-order valence-corrected chi connectivity index (χ3v) is 5.64. The Morgan fingerprint density at radius 2 is 1.85 bits per heavy atom. The predicted molar refractivity (Wildman–Crippen MR) is 105 cm³/mol. The maximum Gasteiger partial charge on any atom is 0.198 e. The van der Waals surface area contributed by atoms with Crippen molar-refractivity contribution < 1.29 is 14.5 Å². The Labute approximate surface area is 156 Å². The number of aromatic amines is 1. The molecule has 3 rings (SSSR count). The second kappa shape index (κ2) is 8.69. The van der Waals surface area contributed by atoms with Gasteiger partial charge in [0, 0.05) is 16.6 Å². The number of benzene rings is 1. The van der Waals surface area contributed by atoms with Gasteiger partial charge in [-0.15, -0.1) is 0 Å². The van der Waals surface area contributed by atoms with Crippen LogP contribution in [0.25, 0.3) is 10.9 Å². The van der Waals surface area contributed by atoms with Gasteiger partial charge in [0.25, 0.3) is 0 Å². The largest absolute Gasteiger partial charge is 0.494 e. The molecule has 5 heteroatoms. The fourth-order valence-electron chi connectivity index (χ4n) is 3.80. The maximum absolute atomic E-state index is 13.1. The molecule has 1 saturated heterocycles. The van der Waals surface area contributed by atoms with Gasteiger partial charge in [0.2, 0.25) is 0 Å². The number of aryl methyl sites for hydroxylation is 1. The fraction of sp³-hybridized carbons (Fsp3) is 0.571. The summed E-state index contributed by atoms with van der Waals surface area (Å²) >= 11 is 0. The van der Waals surface area contributed by atoms with Crippen molar-refractivity contribution >= 4 is 10.9 Å². The first-order valence-corrected chi connectivity index (χ1v) is 10.1. The minimum Gasteiger partial charge on any atom is -0.494 e. The van der Waals surface area contributed by atoms with Crippen LogP contribution in [0.3, 0.4) is 0 Å². The molecule has 0 saturated carbocycles. The van der Waals surface area contributed by atoms with E-state index < -0.39 is 0 Å². The number of rotatable bonds is 7. The number of fused-ring (bicyclic) bond motifs is 1. The Bertz CT molecular complexity index is 792. The Hall–Kier alpha value is -1.85. The lowest BCUT2D eigenvalue weighted by Gasteiger charge is -2.29. The Kier molecular flexibility index (Phi) is 6.33. The second-order valence-corrected chi connectivity index (χ2v) is 7.50. The van der Waals surface area contributed by atoms with Crippen molar-refractivity contribution in [2.75, 3.05) is 39.3 Å². The molecule has 0 aliphatic carbocycles. The molecular weight excluding hydrogens is 326 g/mol. The zero-order valence-electron chi connectivity index (χ0n) is 16.4. The monoisotopic (exact) mass is 359 g/mol. The average molecular weight is 360 g/mol. The zero-order chi connectivity index (χ0) is 18.5. The molecule has 0 bridgehead atoms. The maximum atomic E-state index is 13.1. The van der Waals surface area contributed by atoms with Crippen molar-refractivity contribution in [2.24, 2.45) is 0 Å². The van der Waals surface area contributed by atoms with Crippen LogP contribution in [0.2, 0.25) is 0 Å². The molecule has 3 N–H and O–H groups in total. The van der Waals surface area contributed by atoms with Crippen LogP contribution in [-0.4, -0.2) is 44.3 Å². The molecule has 1 aromatic heterocycles. The first kappa shape index (κ1) is 18.9. The first-order valence-electron chi connectivity index (χ1n) is 10.1. The summed E-state index contributed by atoms with van der Waals surface area (Å²) in [6.07, 6.45) is 2.13. The van der Waals surface area contributed by atoms with Crippen molar-refractivity contribution in [1.29, 1.82) is 0 Å². The van der Waals surface area contributed by atoms with Gasteiger partial charge >= 0.3 is 0 Å². The SMILES string of the molecule is CCCCOc1ccc2[nH]c(C)c(C[NH+]3CC[NH+](CC)CC3)c(=O)c2c1. The van der Waals surface area contributed by atoms with Crippen LogP contribution >= 0.6 is 0 Å². The molecule has 2 aromatic rings. The van der Waals surface area contributed by atoms with Gasteiger partial charge in [-0.05, 0) is 38.5 Å². The Morgan fingerprint density at radius 3 is 2.54 bits per heavy atom. The highest BCUT2D eigenvalue weighted by atomic mass is 16.5. The molecule has 0 spiro atoms. The summed E-state index contributed by atoms with van der Waals surface area (Å²) in [6.45, 7) is 13.8. The molecule has 0 atom stereocenters. The summed E-state index contributed by atoms with van der Waals surface area (Å²) in [6, 6.07) is 5.82. The molecule has 0 radical (unpaired) electrons.